The standard InChI is InChI=1S/C12H24O5Si/c1-9(13)16-10(2)17-11(3)18-6-4-5-14-7-12-8-15-12/h10-12H,4-8,18H2,1-3H3. The van der Waals surface area contributed by atoms with Crippen LogP contribution in [0.5, 0.6) is 0 Å². The smallest absolute Gasteiger partial charge is 0.304 e. The van der Waals surface area contributed by atoms with Crippen molar-refractivity contribution < 1.29 is 23.7 Å². The predicted molar refractivity (Wildman–Crippen MR) is 70.3 cm³/mol. The van der Waals surface area contributed by atoms with E-state index in [1.807, 2.05) is 6.92 Å². The maximum absolute atomic E-state index is 10.7. The predicted octanol–water partition coefficient (Wildman–Crippen LogP) is 0.651. The maximum atomic E-state index is 10.7. The summed E-state index contributed by atoms with van der Waals surface area (Å²) in [5, 5.41) is 0. The average molecular weight is 276 g/mol. The van der Waals surface area contributed by atoms with Gasteiger partial charge in [0.25, 0.3) is 0 Å². The van der Waals surface area contributed by atoms with Crippen molar-refractivity contribution in [1.29, 1.82) is 0 Å². The largest absolute Gasteiger partial charge is 0.436 e. The van der Waals surface area contributed by atoms with E-state index in [4.69, 9.17) is 18.9 Å². The van der Waals surface area contributed by atoms with Gasteiger partial charge in [-0.15, -0.1) is 0 Å². The van der Waals surface area contributed by atoms with Gasteiger partial charge in [-0.05, 0) is 20.3 Å². The van der Waals surface area contributed by atoms with Crippen molar-refractivity contribution in [3.05, 3.63) is 0 Å². The second-order valence-electron chi connectivity index (χ2n) is 4.65. The second-order valence-corrected chi connectivity index (χ2v) is 7.08. The Morgan fingerprint density at radius 3 is 2.83 bits per heavy atom. The van der Waals surface area contributed by atoms with E-state index in [1.165, 1.54) is 13.0 Å². The van der Waals surface area contributed by atoms with E-state index in [-0.39, 0.29) is 21.2 Å². The van der Waals surface area contributed by atoms with Gasteiger partial charge in [0, 0.05) is 19.3 Å². The van der Waals surface area contributed by atoms with Gasteiger partial charge in [0.1, 0.15) is 6.10 Å². The number of ether oxygens (including phenoxy) is 4. The molecule has 1 aliphatic heterocycles. The molecular weight excluding hydrogens is 252 g/mol. The Balaban J connectivity index is 1.88. The van der Waals surface area contributed by atoms with Crippen molar-refractivity contribution in [2.45, 2.75) is 51.4 Å². The van der Waals surface area contributed by atoms with Crippen LogP contribution in [-0.4, -0.2) is 53.4 Å². The van der Waals surface area contributed by atoms with E-state index < -0.39 is 6.29 Å². The first-order chi connectivity index (χ1) is 8.58. The molecule has 0 aromatic heterocycles. The minimum atomic E-state index is -0.437. The number of carbonyl (C=O) groups is 1. The maximum Gasteiger partial charge on any atom is 0.304 e. The van der Waals surface area contributed by atoms with Crippen LogP contribution in [0.2, 0.25) is 6.04 Å². The molecular formula is C12H24O5Si. The van der Waals surface area contributed by atoms with Gasteiger partial charge in [-0.25, -0.2) is 0 Å². The van der Waals surface area contributed by atoms with Crippen LogP contribution < -0.4 is 0 Å². The molecule has 1 rings (SSSR count). The number of epoxide rings is 1. The van der Waals surface area contributed by atoms with Crippen LogP contribution in [-0.2, 0) is 23.7 Å². The first-order valence-corrected chi connectivity index (χ1v) is 8.41. The number of carbonyl (C=O) groups excluding carboxylic acids is 1. The summed E-state index contributed by atoms with van der Waals surface area (Å²) in [6.07, 6.45) is 0.997. The molecule has 0 aliphatic carbocycles. The molecule has 0 saturated carbocycles. The highest BCUT2D eigenvalue weighted by Gasteiger charge is 2.21. The first kappa shape index (κ1) is 15.6. The third-order valence-electron chi connectivity index (χ3n) is 2.61. The molecule has 0 bridgehead atoms. The summed E-state index contributed by atoms with van der Waals surface area (Å²) in [6.45, 7) is 7.59. The van der Waals surface area contributed by atoms with E-state index >= 15 is 0 Å². The van der Waals surface area contributed by atoms with Crippen LogP contribution in [0.25, 0.3) is 0 Å². The molecule has 1 saturated heterocycles. The molecule has 0 aromatic carbocycles. The fourth-order valence-corrected chi connectivity index (χ4v) is 3.15. The Hall–Kier alpha value is -0.433. The Morgan fingerprint density at radius 1 is 1.50 bits per heavy atom. The zero-order valence-corrected chi connectivity index (χ0v) is 12.9. The van der Waals surface area contributed by atoms with Crippen LogP contribution >= 0.6 is 0 Å². The Kier molecular flexibility index (Phi) is 7.49. The van der Waals surface area contributed by atoms with Crippen molar-refractivity contribution in [3.8, 4) is 0 Å². The highest BCUT2D eigenvalue weighted by molar-refractivity contribution is 6.37. The van der Waals surface area contributed by atoms with Crippen molar-refractivity contribution in [3.63, 3.8) is 0 Å². The Labute approximate surface area is 111 Å². The molecule has 0 radical (unpaired) electrons. The summed E-state index contributed by atoms with van der Waals surface area (Å²) < 4.78 is 21.0. The summed E-state index contributed by atoms with van der Waals surface area (Å²) in [6, 6.07) is 1.18. The van der Waals surface area contributed by atoms with Crippen molar-refractivity contribution in [1.82, 2.24) is 0 Å². The normalized spacial score (nSPS) is 22.1. The topological polar surface area (TPSA) is 57.3 Å². The van der Waals surface area contributed by atoms with Crippen LogP contribution in [0.4, 0.5) is 0 Å². The molecule has 1 aliphatic rings. The molecule has 0 amide bonds. The van der Waals surface area contributed by atoms with E-state index in [1.54, 1.807) is 6.92 Å². The monoisotopic (exact) mass is 276 g/mol. The lowest BCUT2D eigenvalue weighted by Crippen LogP contribution is -2.26. The Bertz CT molecular complexity index is 245. The molecule has 0 aromatic rings. The second kappa shape index (κ2) is 8.63. The molecule has 1 heterocycles. The van der Waals surface area contributed by atoms with Crippen molar-refractivity contribution in [2.75, 3.05) is 19.8 Å². The quantitative estimate of drug-likeness (QED) is 0.193. The molecule has 5 nitrogen and oxygen atoms in total. The molecule has 3 unspecified atom stereocenters. The minimum absolute atomic E-state index is 0.228. The summed E-state index contributed by atoms with van der Waals surface area (Å²) in [7, 11) is -0.297. The van der Waals surface area contributed by atoms with Gasteiger partial charge in [0.15, 0.2) is 6.29 Å². The van der Waals surface area contributed by atoms with E-state index in [2.05, 4.69) is 0 Å². The highest BCUT2D eigenvalue weighted by Crippen LogP contribution is 2.09. The third kappa shape index (κ3) is 8.63. The van der Waals surface area contributed by atoms with E-state index in [9.17, 15) is 4.79 Å². The summed E-state index contributed by atoms with van der Waals surface area (Å²) in [5.74, 6) is -0.299. The minimum Gasteiger partial charge on any atom is -0.436 e. The zero-order chi connectivity index (χ0) is 13.4. The molecule has 18 heavy (non-hydrogen) atoms. The molecule has 3 atom stereocenters. The molecule has 0 spiro atoms. The molecule has 1 fully saturated rings. The van der Waals surface area contributed by atoms with Crippen molar-refractivity contribution >= 4 is 15.5 Å². The van der Waals surface area contributed by atoms with Gasteiger partial charge >= 0.3 is 5.97 Å². The first-order valence-electron chi connectivity index (χ1n) is 6.60. The highest BCUT2D eigenvalue weighted by atomic mass is 28.2. The average Bonchev–Trinajstić information content (AvgIpc) is 3.05. The van der Waals surface area contributed by atoms with Gasteiger partial charge in [-0.1, -0.05) is 6.04 Å². The third-order valence-corrected chi connectivity index (χ3v) is 4.53. The zero-order valence-electron chi connectivity index (χ0n) is 11.5. The van der Waals surface area contributed by atoms with Gasteiger partial charge in [0.05, 0.1) is 22.7 Å². The van der Waals surface area contributed by atoms with Gasteiger partial charge in [-0.3, -0.25) is 4.79 Å². The van der Waals surface area contributed by atoms with Crippen molar-refractivity contribution in [2.24, 2.45) is 0 Å². The molecule has 106 valence electrons. The van der Waals surface area contributed by atoms with Gasteiger partial charge in [0.2, 0.25) is 0 Å². The van der Waals surface area contributed by atoms with Crippen LogP contribution in [0.1, 0.15) is 27.2 Å². The molecule has 0 N–H and O–H groups in total. The number of hydrogen-bond donors (Lipinski definition) is 0. The lowest BCUT2D eigenvalue weighted by molar-refractivity contribution is -0.174. The number of hydrogen-bond acceptors (Lipinski definition) is 5. The van der Waals surface area contributed by atoms with E-state index in [0.29, 0.717) is 6.10 Å². The van der Waals surface area contributed by atoms with E-state index in [0.717, 1.165) is 26.2 Å². The lowest BCUT2D eigenvalue weighted by Gasteiger charge is -2.18. The fraction of sp³-hybridized carbons (Fsp3) is 0.917. The van der Waals surface area contributed by atoms with Crippen LogP contribution in [0.15, 0.2) is 0 Å². The number of esters is 1. The summed E-state index contributed by atoms with van der Waals surface area (Å²) in [4.78, 5) is 10.7. The Morgan fingerprint density at radius 2 is 2.22 bits per heavy atom. The summed E-state index contributed by atoms with van der Waals surface area (Å²) in [5.41, 5.74) is 0.228. The van der Waals surface area contributed by atoms with Crippen LogP contribution in [0.3, 0.4) is 0 Å². The summed E-state index contributed by atoms with van der Waals surface area (Å²) >= 11 is 0. The van der Waals surface area contributed by atoms with Crippen LogP contribution in [0, 0.1) is 0 Å². The lowest BCUT2D eigenvalue weighted by atomic mass is 10.5. The molecule has 6 heteroatoms. The fourth-order valence-electron chi connectivity index (χ4n) is 1.67. The SMILES string of the molecule is CC(=O)OC(C)OC(C)[SiH2]CCCOCC1CO1. The van der Waals surface area contributed by atoms with Gasteiger partial charge in [-0.2, -0.15) is 0 Å². The van der Waals surface area contributed by atoms with Gasteiger partial charge < -0.3 is 18.9 Å². The number of rotatable bonds is 10.